The van der Waals surface area contributed by atoms with Crippen LogP contribution < -0.4 is 5.73 Å². The molecule has 0 bridgehead atoms. The Morgan fingerprint density at radius 2 is 2.00 bits per heavy atom. The molecule has 1 saturated heterocycles. The van der Waals surface area contributed by atoms with Gasteiger partial charge in [0.25, 0.3) is 0 Å². The molecule has 1 fully saturated rings. The predicted molar refractivity (Wildman–Crippen MR) is 65.7 cm³/mol. The number of nitrogens with zero attached hydrogens (tertiary/aromatic N) is 3. The molecule has 2 N–H and O–H groups in total. The molecule has 0 aromatic carbocycles. The number of likely N-dealkylation sites (tertiary alicyclic amines) is 1. The monoisotopic (exact) mass is 238 g/mol. The first-order valence-corrected chi connectivity index (χ1v) is 6.62. The van der Waals surface area contributed by atoms with Gasteiger partial charge in [0.15, 0.2) is 5.82 Å². The lowest BCUT2D eigenvalue weighted by atomic mass is 10.1. The van der Waals surface area contributed by atoms with E-state index in [4.69, 9.17) is 10.3 Å². The maximum atomic E-state index is 5.44. The highest BCUT2D eigenvalue weighted by molar-refractivity contribution is 4.87. The number of piperidine rings is 1. The van der Waals surface area contributed by atoms with Gasteiger partial charge in [0.2, 0.25) is 5.89 Å². The van der Waals surface area contributed by atoms with Crippen molar-refractivity contribution in [3.63, 3.8) is 0 Å². The van der Waals surface area contributed by atoms with Crippen molar-refractivity contribution in [1.82, 2.24) is 15.0 Å². The Labute approximate surface area is 102 Å². The lowest BCUT2D eigenvalue weighted by Gasteiger charge is -2.25. The number of aromatic nitrogens is 2. The molecule has 96 valence electrons. The van der Waals surface area contributed by atoms with Crippen molar-refractivity contribution in [1.29, 1.82) is 0 Å². The smallest absolute Gasteiger partial charge is 0.226 e. The molecule has 5 nitrogen and oxygen atoms in total. The largest absolute Gasteiger partial charge is 0.339 e. The lowest BCUT2D eigenvalue weighted by molar-refractivity contribution is 0.229. The van der Waals surface area contributed by atoms with E-state index >= 15 is 0 Å². The molecule has 1 aromatic rings. The van der Waals surface area contributed by atoms with E-state index < -0.39 is 0 Å². The molecule has 0 spiro atoms. The van der Waals surface area contributed by atoms with Gasteiger partial charge in [-0.05, 0) is 38.9 Å². The average Bonchev–Trinajstić information content (AvgIpc) is 2.83. The van der Waals surface area contributed by atoms with Crippen LogP contribution in [0.25, 0.3) is 0 Å². The minimum atomic E-state index is 0.672. The first kappa shape index (κ1) is 12.5. The Morgan fingerprint density at radius 3 is 2.76 bits per heavy atom. The summed E-state index contributed by atoms with van der Waals surface area (Å²) in [6.45, 7) is 4.16. The highest BCUT2D eigenvalue weighted by Gasteiger charge is 2.12. The molecule has 0 amide bonds. The summed E-state index contributed by atoms with van der Waals surface area (Å²) in [7, 11) is 0. The van der Waals surface area contributed by atoms with Gasteiger partial charge in [0.1, 0.15) is 0 Å². The van der Waals surface area contributed by atoms with Crippen LogP contribution >= 0.6 is 0 Å². The molecule has 0 radical (unpaired) electrons. The normalized spacial score (nSPS) is 17.5. The van der Waals surface area contributed by atoms with Gasteiger partial charge in [0.05, 0.1) is 0 Å². The zero-order valence-electron chi connectivity index (χ0n) is 10.4. The van der Waals surface area contributed by atoms with Crippen LogP contribution in [0.15, 0.2) is 4.52 Å². The molecule has 0 unspecified atom stereocenters. The van der Waals surface area contributed by atoms with E-state index in [2.05, 4.69) is 15.0 Å². The van der Waals surface area contributed by atoms with Crippen LogP contribution in [0.1, 0.15) is 37.4 Å². The van der Waals surface area contributed by atoms with Crippen molar-refractivity contribution in [3.8, 4) is 0 Å². The van der Waals surface area contributed by atoms with Crippen molar-refractivity contribution < 1.29 is 4.52 Å². The maximum Gasteiger partial charge on any atom is 0.226 e. The SMILES string of the molecule is NCCCc1nc(CCN2CCCCC2)no1. The highest BCUT2D eigenvalue weighted by Crippen LogP contribution is 2.09. The summed E-state index contributed by atoms with van der Waals surface area (Å²) in [5.41, 5.74) is 5.44. The Kier molecular flexibility index (Phi) is 4.94. The average molecular weight is 238 g/mol. The topological polar surface area (TPSA) is 68.2 Å². The summed E-state index contributed by atoms with van der Waals surface area (Å²) >= 11 is 0. The first-order valence-electron chi connectivity index (χ1n) is 6.62. The van der Waals surface area contributed by atoms with E-state index in [1.807, 2.05) is 0 Å². The van der Waals surface area contributed by atoms with Gasteiger partial charge < -0.3 is 15.2 Å². The molecule has 17 heavy (non-hydrogen) atoms. The molecular weight excluding hydrogens is 216 g/mol. The summed E-state index contributed by atoms with van der Waals surface area (Å²) in [5, 5.41) is 4.00. The van der Waals surface area contributed by atoms with Crippen LogP contribution in [-0.4, -0.2) is 41.2 Å². The van der Waals surface area contributed by atoms with Crippen molar-refractivity contribution in [2.45, 2.75) is 38.5 Å². The third kappa shape index (κ3) is 4.09. The minimum Gasteiger partial charge on any atom is -0.339 e. The third-order valence-electron chi connectivity index (χ3n) is 3.21. The van der Waals surface area contributed by atoms with Crippen LogP contribution in [0.4, 0.5) is 0 Å². The van der Waals surface area contributed by atoms with Crippen molar-refractivity contribution in [2.75, 3.05) is 26.2 Å². The fourth-order valence-corrected chi connectivity index (χ4v) is 2.19. The summed E-state index contributed by atoms with van der Waals surface area (Å²) in [4.78, 5) is 6.86. The van der Waals surface area contributed by atoms with Gasteiger partial charge in [-0.2, -0.15) is 4.98 Å². The summed E-state index contributed by atoms with van der Waals surface area (Å²) in [6.07, 6.45) is 6.64. The number of aryl methyl sites for hydroxylation is 1. The lowest BCUT2D eigenvalue weighted by Crippen LogP contribution is -2.31. The van der Waals surface area contributed by atoms with Crippen molar-refractivity contribution >= 4 is 0 Å². The molecule has 1 aliphatic rings. The first-order chi connectivity index (χ1) is 8.38. The number of nitrogens with two attached hydrogens (primary N) is 1. The zero-order valence-corrected chi connectivity index (χ0v) is 10.4. The fraction of sp³-hybridized carbons (Fsp3) is 0.833. The molecule has 2 heterocycles. The molecule has 0 saturated carbocycles. The number of hydrogen-bond acceptors (Lipinski definition) is 5. The van der Waals surface area contributed by atoms with E-state index in [1.54, 1.807) is 0 Å². The second kappa shape index (κ2) is 6.71. The Balaban J connectivity index is 1.72. The maximum absolute atomic E-state index is 5.44. The second-order valence-electron chi connectivity index (χ2n) is 4.65. The van der Waals surface area contributed by atoms with Crippen LogP contribution in [-0.2, 0) is 12.8 Å². The number of rotatable bonds is 6. The van der Waals surface area contributed by atoms with Crippen LogP contribution in [0, 0.1) is 0 Å². The van der Waals surface area contributed by atoms with Crippen molar-refractivity contribution in [3.05, 3.63) is 11.7 Å². The Hall–Kier alpha value is -0.940. The second-order valence-corrected chi connectivity index (χ2v) is 4.65. The number of hydrogen-bond donors (Lipinski definition) is 1. The van der Waals surface area contributed by atoms with E-state index in [0.717, 1.165) is 37.5 Å². The van der Waals surface area contributed by atoms with Gasteiger partial charge in [-0.1, -0.05) is 11.6 Å². The van der Waals surface area contributed by atoms with E-state index in [1.165, 1.54) is 32.4 Å². The van der Waals surface area contributed by atoms with Gasteiger partial charge in [-0.3, -0.25) is 0 Å². The van der Waals surface area contributed by atoms with E-state index in [9.17, 15) is 0 Å². The molecule has 0 atom stereocenters. The Bertz CT molecular complexity index is 320. The quantitative estimate of drug-likeness (QED) is 0.800. The standard InChI is InChI=1S/C12H22N4O/c13-7-4-5-12-14-11(15-17-12)6-10-16-8-2-1-3-9-16/h1-10,13H2. The molecule has 1 aliphatic heterocycles. The zero-order chi connectivity index (χ0) is 11.9. The summed E-state index contributed by atoms with van der Waals surface area (Å²) in [5.74, 6) is 1.56. The third-order valence-corrected chi connectivity index (χ3v) is 3.21. The van der Waals surface area contributed by atoms with Crippen molar-refractivity contribution in [2.24, 2.45) is 5.73 Å². The molecule has 2 rings (SSSR count). The van der Waals surface area contributed by atoms with E-state index in [-0.39, 0.29) is 0 Å². The highest BCUT2D eigenvalue weighted by atomic mass is 16.5. The molecule has 5 heteroatoms. The predicted octanol–water partition coefficient (Wildman–Crippen LogP) is 0.989. The van der Waals surface area contributed by atoms with Gasteiger partial charge in [-0.25, -0.2) is 0 Å². The minimum absolute atomic E-state index is 0.672. The molecule has 0 aliphatic carbocycles. The van der Waals surface area contributed by atoms with Gasteiger partial charge in [0, 0.05) is 19.4 Å². The van der Waals surface area contributed by atoms with Gasteiger partial charge in [-0.15, -0.1) is 0 Å². The molecular formula is C12H22N4O. The van der Waals surface area contributed by atoms with Gasteiger partial charge >= 0.3 is 0 Å². The summed E-state index contributed by atoms with van der Waals surface area (Å²) in [6, 6.07) is 0. The Morgan fingerprint density at radius 1 is 1.18 bits per heavy atom. The van der Waals surface area contributed by atoms with Crippen LogP contribution in [0.5, 0.6) is 0 Å². The van der Waals surface area contributed by atoms with Crippen LogP contribution in [0.3, 0.4) is 0 Å². The van der Waals surface area contributed by atoms with E-state index in [0.29, 0.717) is 6.54 Å². The van der Waals surface area contributed by atoms with Crippen LogP contribution in [0.2, 0.25) is 0 Å². The fourth-order valence-electron chi connectivity index (χ4n) is 2.19. The molecule has 1 aromatic heterocycles. The summed E-state index contributed by atoms with van der Waals surface area (Å²) < 4.78 is 5.17.